The van der Waals surface area contributed by atoms with E-state index >= 15 is 0 Å². The molecule has 0 radical (unpaired) electrons. The molecule has 1 fully saturated rings. The normalized spacial score (nSPS) is 19.2. The standard InChI is InChI=1S/C11H16N4O2S/c12-11(13)10-8-9(2-3-14-10)15-4-1-6-18(16,17)7-5-15/h2-3,8H,1,4-7H2,(H3,12,13). The SMILES string of the molecule is N=C(N)c1cc(N2CCCS(=O)(=O)CC2)ccn1. The van der Waals surface area contributed by atoms with Crippen molar-refractivity contribution in [2.24, 2.45) is 5.73 Å². The fraction of sp³-hybridized carbons (Fsp3) is 0.455. The first-order chi connectivity index (χ1) is 8.48. The largest absolute Gasteiger partial charge is 0.382 e. The summed E-state index contributed by atoms with van der Waals surface area (Å²) in [6.07, 6.45) is 2.21. The Kier molecular flexibility index (Phi) is 3.51. The van der Waals surface area contributed by atoms with Crippen molar-refractivity contribution >= 4 is 21.4 Å². The molecule has 0 saturated carbocycles. The van der Waals surface area contributed by atoms with E-state index in [1.54, 1.807) is 12.3 Å². The van der Waals surface area contributed by atoms with E-state index in [4.69, 9.17) is 11.1 Å². The summed E-state index contributed by atoms with van der Waals surface area (Å²) >= 11 is 0. The first-order valence-electron chi connectivity index (χ1n) is 5.74. The van der Waals surface area contributed by atoms with Gasteiger partial charge in [-0.2, -0.15) is 0 Å². The van der Waals surface area contributed by atoms with Gasteiger partial charge in [0.25, 0.3) is 0 Å². The van der Waals surface area contributed by atoms with E-state index in [2.05, 4.69) is 4.98 Å². The van der Waals surface area contributed by atoms with Crippen LogP contribution in [-0.2, 0) is 9.84 Å². The molecule has 2 heterocycles. The Hall–Kier alpha value is -1.63. The molecule has 7 heteroatoms. The molecule has 1 aromatic heterocycles. The Morgan fingerprint density at radius 1 is 1.39 bits per heavy atom. The van der Waals surface area contributed by atoms with Gasteiger partial charge in [-0.3, -0.25) is 10.4 Å². The minimum Gasteiger partial charge on any atom is -0.382 e. The summed E-state index contributed by atoms with van der Waals surface area (Å²) in [5.74, 6) is 0.332. The third kappa shape index (κ3) is 2.98. The second-order valence-corrected chi connectivity index (χ2v) is 6.61. The molecular formula is C11H16N4O2S. The van der Waals surface area contributed by atoms with Gasteiger partial charge in [0.05, 0.1) is 11.5 Å². The molecule has 98 valence electrons. The van der Waals surface area contributed by atoms with Gasteiger partial charge in [-0.25, -0.2) is 8.42 Å². The number of nitrogen functional groups attached to an aromatic ring is 1. The average molecular weight is 268 g/mol. The second kappa shape index (κ2) is 4.93. The zero-order valence-electron chi connectivity index (χ0n) is 9.96. The molecule has 0 aromatic carbocycles. The first kappa shape index (κ1) is 12.8. The molecule has 18 heavy (non-hydrogen) atoms. The van der Waals surface area contributed by atoms with E-state index < -0.39 is 9.84 Å². The van der Waals surface area contributed by atoms with Crippen LogP contribution in [0.5, 0.6) is 0 Å². The summed E-state index contributed by atoms with van der Waals surface area (Å²) < 4.78 is 23.1. The molecule has 0 unspecified atom stereocenters. The number of nitrogens with two attached hydrogens (primary N) is 1. The maximum absolute atomic E-state index is 11.5. The lowest BCUT2D eigenvalue weighted by Crippen LogP contribution is -2.27. The van der Waals surface area contributed by atoms with Gasteiger partial charge in [0.15, 0.2) is 9.84 Å². The monoisotopic (exact) mass is 268 g/mol. The summed E-state index contributed by atoms with van der Waals surface area (Å²) in [5.41, 5.74) is 6.68. The van der Waals surface area contributed by atoms with Crippen molar-refractivity contribution in [2.45, 2.75) is 6.42 Å². The maximum Gasteiger partial charge on any atom is 0.152 e. The van der Waals surface area contributed by atoms with Crippen LogP contribution in [-0.4, -0.2) is 43.8 Å². The molecule has 0 atom stereocenters. The number of pyridine rings is 1. The summed E-state index contributed by atoms with van der Waals surface area (Å²) in [7, 11) is -2.91. The van der Waals surface area contributed by atoms with Crippen LogP contribution >= 0.6 is 0 Å². The van der Waals surface area contributed by atoms with Crippen molar-refractivity contribution in [3.8, 4) is 0 Å². The van der Waals surface area contributed by atoms with Gasteiger partial charge in [0, 0.05) is 25.0 Å². The highest BCUT2D eigenvalue weighted by atomic mass is 32.2. The van der Waals surface area contributed by atoms with Crippen LogP contribution in [0.15, 0.2) is 18.3 Å². The van der Waals surface area contributed by atoms with Crippen molar-refractivity contribution < 1.29 is 8.42 Å². The third-order valence-corrected chi connectivity index (χ3v) is 4.66. The highest BCUT2D eigenvalue weighted by Crippen LogP contribution is 2.17. The smallest absolute Gasteiger partial charge is 0.152 e. The number of rotatable bonds is 2. The van der Waals surface area contributed by atoms with Crippen molar-refractivity contribution in [3.63, 3.8) is 0 Å². The molecule has 1 aliphatic rings. The maximum atomic E-state index is 11.5. The van der Waals surface area contributed by atoms with Gasteiger partial charge in [0.2, 0.25) is 0 Å². The van der Waals surface area contributed by atoms with Crippen LogP contribution in [0.25, 0.3) is 0 Å². The van der Waals surface area contributed by atoms with Crippen molar-refractivity contribution in [1.82, 2.24) is 4.98 Å². The van der Waals surface area contributed by atoms with Gasteiger partial charge in [-0.05, 0) is 18.6 Å². The Labute approximate surface area is 106 Å². The molecule has 2 rings (SSSR count). The Morgan fingerprint density at radius 2 is 2.17 bits per heavy atom. The fourth-order valence-corrected chi connectivity index (χ4v) is 3.23. The molecular weight excluding hydrogens is 252 g/mol. The molecule has 1 aliphatic heterocycles. The van der Waals surface area contributed by atoms with Gasteiger partial charge in [0.1, 0.15) is 11.5 Å². The summed E-state index contributed by atoms with van der Waals surface area (Å²) in [6, 6.07) is 3.53. The van der Waals surface area contributed by atoms with Gasteiger partial charge < -0.3 is 10.6 Å². The van der Waals surface area contributed by atoms with Gasteiger partial charge >= 0.3 is 0 Å². The van der Waals surface area contributed by atoms with E-state index in [0.29, 0.717) is 25.2 Å². The van der Waals surface area contributed by atoms with Gasteiger partial charge in [-0.15, -0.1) is 0 Å². The minimum atomic E-state index is -2.91. The first-order valence-corrected chi connectivity index (χ1v) is 7.56. The fourth-order valence-electron chi connectivity index (χ4n) is 1.96. The quantitative estimate of drug-likeness (QED) is 0.580. The molecule has 1 aromatic rings. The van der Waals surface area contributed by atoms with Crippen LogP contribution in [0.4, 0.5) is 5.69 Å². The number of anilines is 1. The number of sulfone groups is 1. The van der Waals surface area contributed by atoms with Crippen LogP contribution in [0.3, 0.4) is 0 Å². The van der Waals surface area contributed by atoms with E-state index in [9.17, 15) is 8.42 Å². The molecule has 1 saturated heterocycles. The van der Waals surface area contributed by atoms with E-state index in [-0.39, 0.29) is 17.3 Å². The number of nitrogens with zero attached hydrogens (tertiary/aromatic N) is 2. The van der Waals surface area contributed by atoms with Crippen molar-refractivity contribution in [3.05, 3.63) is 24.0 Å². The number of hydrogen-bond acceptors (Lipinski definition) is 5. The number of hydrogen-bond donors (Lipinski definition) is 2. The minimum absolute atomic E-state index is 0.0840. The summed E-state index contributed by atoms with van der Waals surface area (Å²) in [5, 5.41) is 7.35. The van der Waals surface area contributed by atoms with Gasteiger partial charge in [-0.1, -0.05) is 0 Å². The predicted molar refractivity (Wildman–Crippen MR) is 70.7 cm³/mol. The van der Waals surface area contributed by atoms with Crippen LogP contribution in [0, 0.1) is 5.41 Å². The topological polar surface area (TPSA) is 100 Å². The zero-order chi connectivity index (χ0) is 13.2. The molecule has 0 bridgehead atoms. The predicted octanol–water partition coefficient (Wildman–Crippen LogP) is -0.00943. The zero-order valence-corrected chi connectivity index (χ0v) is 10.8. The van der Waals surface area contributed by atoms with E-state index in [0.717, 1.165) is 5.69 Å². The molecule has 0 aliphatic carbocycles. The highest BCUT2D eigenvalue weighted by Gasteiger charge is 2.19. The Morgan fingerprint density at radius 3 is 2.89 bits per heavy atom. The summed E-state index contributed by atoms with van der Waals surface area (Å²) in [6.45, 7) is 1.17. The molecule has 6 nitrogen and oxygen atoms in total. The highest BCUT2D eigenvalue weighted by molar-refractivity contribution is 7.91. The van der Waals surface area contributed by atoms with Crippen molar-refractivity contribution in [1.29, 1.82) is 5.41 Å². The average Bonchev–Trinajstić information content (AvgIpc) is 2.50. The Bertz CT molecular complexity index is 556. The van der Waals surface area contributed by atoms with Crippen LogP contribution in [0.1, 0.15) is 12.1 Å². The van der Waals surface area contributed by atoms with Crippen molar-refractivity contribution in [2.75, 3.05) is 29.5 Å². The lowest BCUT2D eigenvalue weighted by molar-refractivity contribution is 0.597. The second-order valence-electron chi connectivity index (χ2n) is 4.31. The molecule has 0 amide bonds. The van der Waals surface area contributed by atoms with E-state index in [1.807, 2.05) is 11.0 Å². The third-order valence-electron chi connectivity index (χ3n) is 2.94. The summed E-state index contributed by atoms with van der Waals surface area (Å²) in [4.78, 5) is 5.99. The van der Waals surface area contributed by atoms with Crippen LogP contribution < -0.4 is 10.6 Å². The number of aromatic nitrogens is 1. The number of amidine groups is 1. The van der Waals surface area contributed by atoms with Crippen LogP contribution in [0.2, 0.25) is 0 Å². The number of nitrogens with one attached hydrogen (secondary N) is 1. The molecule has 3 N–H and O–H groups in total. The van der Waals surface area contributed by atoms with E-state index in [1.165, 1.54) is 0 Å². The molecule has 0 spiro atoms. The Balaban J connectivity index is 2.21. The lowest BCUT2D eigenvalue weighted by atomic mass is 10.2. The lowest BCUT2D eigenvalue weighted by Gasteiger charge is -2.22.